The highest BCUT2D eigenvalue weighted by Crippen LogP contribution is 2.28. The molecule has 0 aliphatic heterocycles. The van der Waals surface area contributed by atoms with Gasteiger partial charge in [0.2, 0.25) is 5.91 Å². The molecule has 4 nitrogen and oxygen atoms in total. The number of halogens is 2. The first-order valence-corrected chi connectivity index (χ1v) is 7.81. The van der Waals surface area contributed by atoms with Gasteiger partial charge in [0, 0.05) is 30.6 Å². The lowest BCUT2D eigenvalue weighted by Gasteiger charge is -2.22. The highest BCUT2D eigenvalue weighted by atomic mass is 35.5. The summed E-state index contributed by atoms with van der Waals surface area (Å²) in [6.07, 6.45) is 0. The van der Waals surface area contributed by atoms with Crippen molar-refractivity contribution >= 4 is 40.7 Å². The van der Waals surface area contributed by atoms with Crippen LogP contribution in [0.2, 0.25) is 10.0 Å². The standard InChI is InChI=1S/C17H16Cl2N2O2/c1-12(22)21(16-8-7-14(18)11-15(16)19)10-9-20-17(23)13-5-3-2-4-6-13/h2-8,11H,9-10H2,1H3,(H,20,23). The number of nitrogens with one attached hydrogen (secondary N) is 1. The molecule has 0 bridgehead atoms. The van der Waals surface area contributed by atoms with E-state index in [1.54, 1.807) is 42.5 Å². The van der Waals surface area contributed by atoms with Crippen molar-refractivity contribution in [3.8, 4) is 0 Å². The van der Waals surface area contributed by atoms with E-state index in [2.05, 4.69) is 5.32 Å². The Labute approximate surface area is 145 Å². The predicted octanol–water partition coefficient (Wildman–Crippen LogP) is 3.78. The highest BCUT2D eigenvalue weighted by molar-refractivity contribution is 6.36. The van der Waals surface area contributed by atoms with Gasteiger partial charge in [0.1, 0.15) is 0 Å². The summed E-state index contributed by atoms with van der Waals surface area (Å²) in [6.45, 7) is 2.07. The molecule has 0 saturated carbocycles. The van der Waals surface area contributed by atoms with Crippen molar-refractivity contribution < 1.29 is 9.59 Å². The molecule has 23 heavy (non-hydrogen) atoms. The maximum atomic E-state index is 12.0. The van der Waals surface area contributed by atoms with Crippen LogP contribution < -0.4 is 10.2 Å². The minimum Gasteiger partial charge on any atom is -0.350 e. The SMILES string of the molecule is CC(=O)N(CCNC(=O)c1ccccc1)c1ccc(Cl)cc1Cl. The van der Waals surface area contributed by atoms with Gasteiger partial charge in [-0.25, -0.2) is 0 Å². The third kappa shape index (κ3) is 4.71. The molecule has 2 amide bonds. The molecule has 2 aromatic rings. The van der Waals surface area contributed by atoms with Crippen molar-refractivity contribution in [3.63, 3.8) is 0 Å². The average molecular weight is 351 g/mol. The second kappa shape index (κ2) is 7.99. The molecule has 0 aliphatic rings. The zero-order chi connectivity index (χ0) is 16.8. The van der Waals surface area contributed by atoms with E-state index in [4.69, 9.17) is 23.2 Å². The average Bonchev–Trinajstić information content (AvgIpc) is 2.53. The van der Waals surface area contributed by atoms with Crippen LogP contribution in [0.5, 0.6) is 0 Å². The van der Waals surface area contributed by atoms with Gasteiger partial charge in [-0.2, -0.15) is 0 Å². The van der Waals surface area contributed by atoms with Crippen LogP contribution in [0, 0.1) is 0 Å². The normalized spacial score (nSPS) is 10.2. The monoisotopic (exact) mass is 350 g/mol. The van der Waals surface area contributed by atoms with Crippen molar-refractivity contribution in [3.05, 3.63) is 64.1 Å². The fourth-order valence-corrected chi connectivity index (χ4v) is 2.63. The third-order valence-electron chi connectivity index (χ3n) is 3.24. The maximum absolute atomic E-state index is 12.0. The van der Waals surface area contributed by atoms with E-state index in [0.717, 1.165) is 0 Å². The van der Waals surface area contributed by atoms with Crippen LogP contribution in [-0.2, 0) is 4.79 Å². The van der Waals surface area contributed by atoms with E-state index in [0.29, 0.717) is 34.4 Å². The van der Waals surface area contributed by atoms with Gasteiger partial charge >= 0.3 is 0 Å². The fraction of sp³-hybridized carbons (Fsp3) is 0.176. The Morgan fingerprint density at radius 2 is 1.78 bits per heavy atom. The summed E-state index contributed by atoms with van der Waals surface area (Å²) in [5, 5.41) is 3.67. The Hall–Kier alpha value is -2.04. The summed E-state index contributed by atoms with van der Waals surface area (Å²) in [5.41, 5.74) is 1.14. The number of anilines is 1. The molecule has 0 fully saturated rings. The molecular weight excluding hydrogens is 335 g/mol. The van der Waals surface area contributed by atoms with Gasteiger partial charge in [0.05, 0.1) is 10.7 Å². The Morgan fingerprint density at radius 1 is 1.09 bits per heavy atom. The largest absolute Gasteiger partial charge is 0.350 e. The first kappa shape index (κ1) is 17.3. The van der Waals surface area contributed by atoms with Gasteiger partial charge in [-0.3, -0.25) is 9.59 Å². The van der Waals surface area contributed by atoms with Gasteiger partial charge in [-0.15, -0.1) is 0 Å². The van der Waals surface area contributed by atoms with Gasteiger partial charge in [0.25, 0.3) is 5.91 Å². The molecule has 0 unspecified atom stereocenters. The number of hydrogen-bond donors (Lipinski definition) is 1. The highest BCUT2D eigenvalue weighted by Gasteiger charge is 2.15. The first-order valence-electron chi connectivity index (χ1n) is 7.05. The summed E-state index contributed by atoms with van der Waals surface area (Å²) in [7, 11) is 0. The van der Waals surface area contributed by atoms with E-state index in [1.807, 2.05) is 6.07 Å². The van der Waals surface area contributed by atoms with Gasteiger partial charge in [-0.05, 0) is 30.3 Å². The number of carbonyl (C=O) groups is 2. The number of rotatable bonds is 5. The van der Waals surface area contributed by atoms with Crippen molar-refractivity contribution in [2.75, 3.05) is 18.0 Å². The Balaban J connectivity index is 2.01. The summed E-state index contributed by atoms with van der Waals surface area (Å²) < 4.78 is 0. The van der Waals surface area contributed by atoms with Crippen LogP contribution in [-0.4, -0.2) is 24.9 Å². The fourth-order valence-electron chi connectivity index (χ4n) is 2.12. The van der Waals surface area contributed by atoms with Crippen LogP contribution in [0.1, 0.15) is 17.3 Å². The molecule has 0 saturated heterocycles. The number of hydrogen-bond acceptors (Lipinski definition) is 2. The van der Waals surface area contributed by atoms with Crippen LogP contribution in [0.15, 0.2) is 48.5 Å². The van der Waals surface area contributed by atoms with Crippen molar-refractivity contribution in [2.45, 2.75) is 6.92 Å². The van der Waals surface area contributed by atoms with E-state index in [9.17, 15) is 9.59 Å². The van der Waals surface area contributed by atoms with Crippen LogP contribution >= 0.6 is 23.2 Å². The Morgan fingerprint density at radius 3 is 2.39 bits per heavy atom. The van der Waals surface area contributed by atoms with Gasteiger partial charge < -0.3 is 10.2 Å². The van der Waals surface area contributed by atoms with Crippen molar-refractivity contribution in [1.82, 2.24) is 5.32 Å². The molecule has 0 aliphatic carbocycles. The number of benzene rings is 2. The molecule has 2 rings (SSSR count). The lowest BCUT2D eigenvalue weighted by atomic mass is 10.2. The topological polar surface area (TPSA) is 49.4 Å². The zero-order valence-electron chi connectivity index (χ0n) is 12.6. The molecule has 1 N–H and O–H groups in total. The van der Waals surface area contributed by atoms with Gasteiger partial charge in [0.15, 0.2) is 0 Å². The molecule has 0 radical (unpaired) electrons. The first-order chi connectivity index (χ1) is 11.0. The zero-order valence-corrected chi connectivity index (χ0v) is 14.1. The molecular formula is C17H16Cl2N2O2. The minimum atomic E-state index is -0.184. The molecule has 6 heteroatoms. The minimum absolute atomic E-state index is 0.164. The lowest BCUT2D eigenvalue weighted by Crippen LogP contribution is -2.37. The Kier molecular flexibility index (Phi) is 6.02. The molecule has 0 heterocycles. The summed E-state index contributed by atoms with van der Waals surface area (Å²) in [5.74, 6) is -0.348. The lowest BCUT2D eigenvalue weighted by molar-refractivity contribution is -0.116. The molecule has 0 spiro atoms. The van der Waals surface area contributed by atoms with Crippen molar-refractivity contribution in [2.24, 2.45) is 0 Å². The molecule has 0 atom stereocenters. The van der Waals surface area contributed by atoms with Crippen molar-refractivity contribution in [1.29, 1.82) is 0 Å². The number of nitrogens with zero attached hydrogens (tertiary/aromatic N) is 1. The summed E-state index contributed by atoms with van der Waals surface area (Å²) in [6, 6.07) is 13.8. The third-order valence-corrected chi connectivity index (χ3v) is 3.78. The van der Waals surface area contributed by atoms with E-state index < -0.39 is 0 Å². The number of carbonyl (C=O) groups excluding carboxylic acids is 2. The van der Waals surface area contributed by atoms with Crippen LogP contribution in [0.4, 0.5) is 5.69 Å². The quantitative estimate of drug-likeness (QED) is 0.891. The van der Waals surface area contributed by atoms with E-state index >= 15 is 0 Å². The molecule has 0 aromatic heterocycles. The predicted molar refractivity (Wildman–Crippen MR) is 93.3 cm³/mol. The van der Waals surface area contributed by atoms with E-state index in [1.165, 1.54) is 11.8 Å². The smallest absolute Gasteiger partial charge is 0.251 e. The second-order valence-corrected chi connectivity index (χ2v) is 5.73. The maximum Gasteiger partial charge on any atom is 0.251 e. The second-order valence-electron chi connectivity index (χ2n) is 4.89. The molecule has 2 aromatic carbocycles. The Bertz CT molecular complexity index is 705. The summed E-state index contributed by atoms with van der Waals surface area (Å²) in [4.78, 5) is 25.3. The van der Waals surface area contributed by atoms with Gasteiger partial charge in [-0.1, -0.05) is 41.4 Å². The van der Waals surface area contributed by atoms with E-state index in [-0.39, 0.29) is 11.8 Å². The van der Waals surface area contributed by atoms with Crippen LogP contribution in [0.25, 0.3) is 0 Å². The molecule has 120 valence electrons. The summed E-state index contributed by atoms with van der Waals surface area (Å²) >= 11 is 12.0. The number of amides is 2. The van der Waals surface area contributed by atoms with Crippen LogP contribution in [0.3, 0.4) is 0 Å².